The fourth-order valence-corrected chi connectivity index (χ4v) is 4.05. The van der Waals surface area contributed by atoms with Crippen molar-refractivity contribution >= 4 is 33.0 Å². The SMILES string of the molecule is CN(CCNS(=O)(=O)c1ccccc1)Cc1ccc(Cl)s1. The van der Waals surface area contributed by atoms with E-state index in [2.05, 4.69) is 9.62 Å². The van der Waals surface area contributed by atoms with Crippen LogP contribution in [0.2, 0.25) is 4.34 Å². The molecule has 0 aliphatic carbocycles. The molecule has 0 saturated heterocycles. The highest BCUT2D eigenvalue weighted by Crippen LogP contribution is 2.22. The molecule has 0 bridgehead atoms. The van der Waals surface area contributed by atoms with Gasteiger partial charge in [-0.15, -0.1) is 11.3 Å². The minimum atomic E-state index is -3.42. The fraction of sp³-hybridized carbons (Fsp3) is 0.286. The van der Waals surface area contributed by atoms with Crippen molar-refractivity contribution in [3.05, 3.63) is 51.7 Å². The number of hydrogen-bond donors (Lipinski definition) is 1. The molecule has 0 saturated carbocycles. The van der Waals surface area contributed by atoms with Gasteiger partial charge in [0.05, 0.1) is 9.23 Å². The largest absolute Gasteiger partial charge is 0.300 e. The lowest BCUT2D eigenvalue weighted by Crippen LogP contribution is -2.32. The Kier molecular flexibility index (Phi) is 5.78. The van der Waals surface area contributed by atoms with Gasteiger partial charge in [-0.2, -0.15) is 0 Å². The van der Waals surface area contributed by atoms with Gasteiger partial charge in [0.15, 0.2) is 0 Å². The third-order valence-electron chi connectivity index (χ3n) is 2.89. The molecule has 1 N–H and O–H groups in total. The summed E-state index contributed by atoms with van der Waals surface area (Å²) in [6.45, 7) is 1.75. The summed E-state index contributed by atoms with van der Waals surface area (Å²) >= 11 is 7.42. The molecule has 1 aromatic heterocycles. The lowest BCUT2D eigenvalue weighted by atomic mass is 10.4. The Balaban J connectivity index is 1.81. The molecule has 114 valence electrons. The molecule has 4 nitrogen and oxygen atoms in total. The first-order valence-corrected chi connectivity index (χ1v) is 9.12. The Labute approximate surface area is 134 Å². The van der Waals surface area contributed by atoms with Crippen molar-refractivity contribution in [1.82, 2.24) is 9.62 Å². The second kappa shape index (κ2) is 7.38. The van der Waals surface area contributed by atoms with E-state index in [4.69, 9.17) is 11.6 Å². The predicted octanol–water partition coefficient (Wildman–Crippen LogP) is 2.81. The van der Waals surface area contributed by atoms with Crippen molar-refractivity contribution in [3.63, 3.8) is 0 Å². The van der Waals surface area contributed by atoms with E-state index in [0.717, 1.165) is 15.8 Å². The smallest absolute Gasteiger partial charge is 0.240 e. The maximum atomic E-state index is 12.0. The summed E-state index contributed by atoms with van der Waals surface area (Å²) in [5.41, 5.74) is 0. The van der Waals surface area contributed by atoms with Crippen LogP contribution in [0.15, 0.2) is 47.4 Å². The molecule has 7 heteroatoms. The van der Waals surface area contributed by atoms with Crippen LogP contribution in [0.4, 0.5) is 0 Å². The first-order valence-electron chi connectivity index (χ1n) is 6.45. The van der Waals surface area contributed by atoms with E-state index in [1.807, 2.05) is 19.2 Å². The molecule has 0 amide bonds. The zero-order chi connectivity index (χ0) is 15.3. The summed E-state index contributed by atoms with van der Waals surface area (Å²) in [6.07, 6.45) is 0. The highest BCUT2D eigenvalue weighted by molar-refractivity contribution is 7.89. The van der Waals surface area contributed by atoms with Crippen LogP contribution in [0.1, 0.15) is 4.88 Å². The van der Waals surface area contributed by atoms with Crippen molar-refractivity contribution in [3.8, 4) is 0 Å². The monoisotopic (exact) mass is 344 g/mol. The Morgan fingerprint density at radius 2 is 1.90 bits per heavy atom. The number of thiophene rings is 1. The number of benzene rings is 1. The standard InChI is InChI=1S/C14H17ClN2O2S2/c1-17(11-12-7-8-14(15)20-12)10-9-16-21(18,19)13-5-3-2-4-6-13/h2-8,16H,9-11H2,1H3. The summed E-state index contributed by atoms with van der Waals surface area (Å²) in [5, 5.41) is 0. The third kappa shape index (κ3) is 5.09. The molecule has 21 heavy (non-hydrogen) atoms. The third-order valence-corrected chi connectivity index (χ3v) is 5.59. The van der Waals surface area contributed by atoms with E-state index < -0.39 is 10.0 Å². The molecular weight excluding hydrogens is 328 g/mol. The van der Waals surface area contributed by atoms with Gasteiger partial charge in [-0.1, -0.05) is 29.8 Å². The van der Waals surface area contributed by atoms with Crippen molar-refractivity contribution < 1.29 is 8.42 Å². The summed E-state index contributed by atoms with van der Waals surface area (Å²) in [4.78, 5) is 3.50. The van der Waals surface area contributed by atoms with Gasteiger partial charge < -0.3 is 0 Å². The van der Waals surface area contributed by atoms with Crippen LogP contribution in [0.5, 0.6) is 0 Å². The van der Waals surface area contributed by atoms with Gasteiger partial charge in [0, 0.05) is 24.5 Å². The van der Waals surface area contributed by atoms with E-state index in [0.29, 0.717) is 13.1 Å². The number of sulfonamides is 1. The van der Waals surface area contributed by atoms with Crippen LogP contribution in [-0.4, -0.2) is 33.5 Å². The zero-order valence-electron chi connectivity index (χ0n) is 11.6. The van der Waals surface area contributed by atoms with Crippen LogP contribution in [0, 0.1) is 0 Å². The number of nitrogens with zero attached hydrogens (tertiary/aromatic N) is 1. The predicted molar refractivity (Wildman–Crippen MR) is 87.3 cm³/mol. The normalized spacial score (nSPS) is 12.0. The number of nitrogens with one attached hydrogen (secondary N) is 1. The first-order chi connectivity index (χ1) is 9.97. The Hall–Kier alpha value is -0.920. The maximum Gasteiger partial charge on any atom is 0.240 e. The number of likely N-dealkylation sites (N-methyl/N-ethyl adjacent to an activating group) is 1. The molecule has 1 aromatic carbocycles. The zero-order valence-corrected chi connectivity index (χ0v) is 14.0. The van der Waals surface area contributed by atoms with Crippen LogP contribution >= 0.6 is 22.9 Å². The molecule has 0 fully saturated rings. The van der Waals surface area contributed by atoms with E-state index in [-0.39, 0.29) is 4.90 Å². The van der Waals surface area contributed by atoms with Gasteiger partial charge in [-0.25, -0.2) is 13.1 Å². The maximum absolute atomic E-state index is 12.0. The summed E-state index contributed by atoms with van der Waals surface area (Å²) in [5.74, 6) is 0. The van der Waals surface area contributed by atoms with Crippen molar-refractivity contribution in [2.24, 2.45) is 0 Å². The van der Waals surface area contributed by atoms with Crippen LogP contribution in [0.3, 0.4) is 0 Å². The molecule has 0 radical (unpaired) electrons. The van der Waals surface area contributed by atoms with E-state index in [1.165, 1.54) is 11.3 Å². The summed E-state index contributed by atoms with van der Waals surface area (Å²) < 4.78 is 27.4. The average Bonchev–Trinajstić information content (AvgIpc) is 2.85. The van der Waals surface area contributed by atoms with Crippen LogP contribution < -0.4 is 4.72 Å². The minimum absolute atomic E-state index is 0.290. The topological polar surface area (TPSA) is 49.4 Å². The number of rotatable bonds is 7. The molecule has 0 atom stereocenters. The second-order valence-corrected chi connectivity index (χ2v) is 8.22. The van der Waals surface area contributed by atoms with Crippen molar-refractivity contribution in [2.75, 3.05) is 20.1 Å². The molecule has 0 aliphatic rings. The molecule has 0 aliphatic heterocycles. The van der Waals surface area contributed by atoms with E-state index >= 15 is 0 Å². The molecule has 2 rings (SSSR count). The lowest BCUT2D eigenvalue weighted by Gasteiger charge is -2.16. The van der Waals surface area contributed by atoms with Gasteiger partial charge in [0.2, 0.25) is 10.0 Å². The summed E-state index contributed by atoms with van der Waals surface area (Å²) in [6, 6.07) is 12.2. The molecule has 0 spiro atoms. The van der Waals surface area contributed by atoms with Gasteiger partial charge in [0.25, 0.3) is 0 Å². The highest BCUT2D eigenvalue weighted by Gasteiger charge is 2.12. The Morgan fingerprint density at radius 3 is 2.52 bits per heavy atom. The highest BCUT2D eigenvalue weighted by atomic mass is 35.5. The van der Waals surface area contributed by atoms with E-state index in [1.54, 1.807) is 30.3 Å². The van der Waals surface area contributed by atoms with Gasteiger partial charge in [0.1, 0.15) is 0 Å². The van der Waals surface area contributed by atoms with Gasteiger partial charge >= 0.3 is 0 Å². The fourth-order valence-electron chi connectivity index (χ4n) is 1.84. The molecule has 1 heterocycles. The van der Waals surface area contributed by atoms with Crippen LogP contribution in [-0.2, 0) is 16.6 Å². The molecular formula is C14H17ClN2O2S2. The van der Waals surface area contributed by atoms with Gasteiger partial charge in [-0.3, -0.25) is 4.90 Å². The average molecular weight is 345 g/mol. The first kappa shape index (κ1) is 16.5. The van der Waals surface area contributed by atoms with Crippen molar-refractivity contribution in [2.45, 2.75) is 11.4 Å². The van der Waals surface area contributed by atoms with Gasteiger partial charge in [-0.05, 0) is 31.3 Å². The number of hydrogen-bond acceptors (Lipinski definition) is 4. The van der Waals surface area contributed by atoms with Crippen molar-refractivity contribution in [1.29, 1.82) is 0 Å². The molecule has 2 aromatic rings. The second-order valence-electron chi connectivity index (χ2n) is 4.65. The lowest BCUT2D eigenvalue weighted by molar-refractivity contribution is 0.335. The summed E-state index contributed by atoms with van der Waals surface area (Å²) in [7, 11) is -1.47. The van der Waals surface area contributed by atoms with E-state index in [9.17, 15) is 8.42 Å². The minimum Gasteiger partial charge on any atom is -0.300 e. The quantitative estimate of drug-likeness (QED) is 0.840. The molecule has 0 unspecified atom stereocenters. The Bertz CT molecular complexity index is 671. The van der Waals surface area contributed by atoms with Crippen LogP contribution in [0.25, 0.3) is 0 Å². The number of halogens is 1. The Morgan fingerprint density at radius 1 is 1.19 bits per heavy atom.